The summed E-state index contributed by atoms with van der Waals surface area (Å²) in [5, 5.41) is 0.555. The van der Waals surface area contributed by atoms with Gasteiger partial charge in [-0.25, -0.2) is 0 Å². The van der Waals surface area contributed by atoms with Crippen molar-refractivity contribution in [3.05, 3.63) is 47.5 Å². The topological polar surface area (TPSA) is 26.3 Å². The van der Waals surface area contributed by atoms with Crippen LogP contribution in [0.25, 0.3) is 0 Å². The maximum absolute atomic E-state index is 11.5. The second-order valence-corrected chi connectivity index (χ2v) is 3.17. The van der Waals surface area contributed by atoms with Gasteiger partial charge in [0.25, 0.3) is 0 Å². The predicted molar refractivity (Wildman–Crippen MR) is 56.8 cm³/mol. The fourth-order valence-electron chi connectivity index (χ4n) is 0.980. The van der Waals surface area contributed by atoms with E-state index < -0.39 is 0 Å². The third-order valence-corrected chi connectivity index (χ3v) is 1.85. The smallest absolute Gasteiger partial charge is 0.188 e. The SMILES string of the molecule is C=CCOCC(=O)c1cccc(Cl)c1. The third-order valence-electron chi connectivity index (χ3n) is 1.62. The predicted octanol–water partition coefficient (Wildman–Crippen LogP) is 2.73. The molecule has 1 aromatic carbocycles. The van der Waals surface area contributed by atoms with Crippen LogP contribution in [0.1, 0.15) is 10.4 Å². The van der Waals surface area contributed by atoms with E-state index in [1.54, 1.807) is 30.3 Å². The zero-order valence-corrected chi connectivity index (χ0v) is 8.46. The van der Waals surface area contributed by atoms with E-state index in [0.29, 0.717) is 17.2 Å². The molecule has 0 heterocycles. The monoisotopic (exact) mass is 210 g/mol. The first-order valence-electron chi connectivity index (χ1n) is 4.21. The number of ketones is 1. The third kappa shape index (κ3) is 3.32. The van der Waals surface area contributed by atoms with E-state index in [1.165, 1.54) is 0 Å². The molecule has 0 bridgehead atoms. The number of hydrogen-bond acceptors (Lipinski definition) is 2. The maximum atomic E-state index is 11.5. The van der Waals surface area contributed by atoms with Gasteiger partial charge in [-0.05, 0) is 12.1 Å². The summed E-state index contributed by atoms with van der Waals surface area (Å²) in [5.41, 5.74) is 0.571. The summed E-state index contributed by atoms with van der Waals surface area (Å²) in [6, 6.07) is 6.80. The van der Waals surface area contributed by atoms with E-state index in [0.717, 1.165) is 0 Å². The normalized spacial score (nSPS) is 9.79. The molecular formula is C11H11ClO2. The highest BCUT2D eigenvalue weighted by molar-refractivity contribution is 6.31. The van der Waals surface area contributed by atoms with Gasteiger partial charge in [-0.3, -0.25) is 4.79 Å². The van der Waals surface area contributed by atoms with Crippen LogP contribution >= 0.6 is 11.6 Å². The maximum Gasteiger partial charge on any atom is 0.188 e. The number of Topliss-reactive ketones (excluding diaryl/α,β-unsaturated/α-hetero) is 1. The quantitative estimate of drug-likeness (QED) is 0.424. The van der Waals surface area contributed by atoms with E-state index >= 15 is 0 Å². The van der Waals surface area contributed by atoms with Crippen LogP contribution in [-0.2, 0) is 4.74 Å². The highest BCUT2D eigenvalue weighted by atomic mass is 35.5. The van der Waals surface area contributed by atoms with Crippen molar-refractivity contribution in [3.63, 3.8) is 0 Å². The average molecular weight is 211 g/mol. The molecule has 2 nitrogen and oxygen atoms in total. The minimum atomic E-state index is -0.0747. The lowest BCUT2D eigenvalue weighted by molar-refractivity contribution is 0.0806. The Balaban J connectivity index is 2.56. The Morgan fingerprint density at radius 1 is 1.57 bits per heavy atom. The molecular weight excluding hydrogens is 200 g/mol. The van der Waals surface area contributed by atoms with Gasteiger partial charge in [-0.15, -0.1) is 6.58 Å². The fourth-order valence-corrected chi connectivity index (χ4v) is 1.17. The minimum Gasteiger partial charge on any atom is -0.369 e. The molecule has 0 spiro atoms. The standard InChI is InChI=1S/C11H11ClO2/c1-2-6-14-8-11(13)9-4-3-5-10(12)7-9/h2-5,7H,1,6,8H2. The van der Waals surface area contributed by atoms with E-state index in [1.807, 2.05) is 0 Å². The van der Waals surface area contributed by atoms with Crippen LogP contribution in [0.3, 0.4) is 0 Å². The summed E-state index contributed by atoms with van der Waals surface area (Å²) in [6.45, 7) is 3.93. The van der Waals surface area contributed by atoms with E-state index in [4.69, 9.17) is 16.3 Å². The highest BCUT2D eigenvalue weighted by Crippen LogP contribution is 2.11. The molecule has 1 aromatic rings. The van der Waals surface area contributed by atoms with Gasteiger partial charge in [0, 0.05) is 10.6 Å². The van der Waals surface area contributed by atoms with Gasteiger partial charge in [0.15, 0.2) is 5.78 Å². The Bertz CT molecular complexity index is 334. The van der Waals surface area contributed by atoms with Gasteiger partial charge in [-0.2, -0.15) is 0 Å². The van der Waals surface area contributed by atoms with Gasteiger partial charge in [0.1, 0.15) is 6.61 Å². The highest BCUT2D eigenvalue weighted by Gasteiger charge is 2.05. The molecule has 0 unspecified atom stereocenters. The number of benzene rings is 1. The number of carbonyl (C=O) groups excluding carboxylic acids is 1. The molecule has 0 atom stereocenters. The lowest BCUT2D eigenvalue weighted by Gasteiger charge is -2.01. The molecule has 3 heteroatoms. The molecule has 0 aliphatic rings. The van der Waals surface area contributed by atoms with Crippen molar-refractivity contribution in [1.29, 1.82) is 0 Å². The number of halogens is 1. The van der Waals surface area contributed by atoms with Gasteiger partial charge in [-0.1, -0.05) is 29.8 Å². The Morgan fingerprint density at radius 3 is 3.00 bits per heavy atom. The summed E-state index contributed by atoms with van der Waals surface area (Å²) in [4.78, 5) is 11.5. The molecule has 0 amide bonds. The second kappa shape index (κ2) is 5.58. The summed E-state index contributed by atoms with van der Waals surface area (Å²) in [7, 11) is 0. The Labute approximate surface area is 88.1 Å². The van der Waals surface area contributed by atoms with E-state index in [9.17, 15) is 4.79 Å². The molecule has 0 fully saturated rings. The molecule has 14 heavy (non-hydrogen) atoms. The first kappa shape index (κ1) is 11.0. The fraction of sp³-hybridized carbons (Fsp3) is 0.182. The summed E-state index contributed by atoms with van der Waals surface area (Å²) >= 11 is 5.74. The Kier molecular flexibility index (Phi) is 4.36. The number of carbonyl (C=O) groups is 1. The van der Waals surface area contributed by atoms with Crippen molar-refractivity contribution in [3.8, 4) is 0 Å². The molecule has 0 saturated heterocycles. The molecule has 0 radical (unpaired) electrons. The number of hydrogen-bond donors (Lipinski definition) is 0. The van der Waals surface area contributed by atoms with Gasteiger partial charge in [0.05, 0.1) is 6.61 Å². The van der Waals surface area contributed by atoms with Gasteiger partial charge >= 0.3 is 0 Å². The van der Waals surface area contributed by atoms with Gasteiger partial charge in [0.2, 0.25) is 0 Å². The first-order chi connectivity index (χ1) is 6.74. The van der Waals surface area contributed by atoms with Crippen molar-refractivity contribution < 1.29 is 9.53 Å². The zero-order valence-electron chi connectivity index (χ0n) is 7.70. The molecule has 0 aliphatic heterocycles. The Hall–Kier alpha value is -1.12. The molecule has 74 valence electrons. The first-order valence-corrected chi connectivity index (χ1v) is 4.59. The lowest BCUT2D eigenvalue weighted by atomic mass is 10.1. The summed E-state index contributed by atoms with van der Waals surface area (Å²) < 4.78 is 5.03. The van der Waals surface area contributed by atoms with E-state index in [2.05, 4.69) is 6.58 Å². The molecule has 0 saturated carbocycles. The summed E-state index contributed by atoms with van der Waals surface area (Å²) in [5.74, 6) is -0.0747. The molecule has 0 aromatic heterocycles. The number of ether oxygens (including phenoxy) is 1. The molecule has 0 N–H and O–H groups in total. The van der Waals surface area contributed by atoms with Crippen LogP contribution in [0.5, 0.6) is 0 Å². The summed E-state index contributed by atoms with van der Waals surface area (Å²) in [6.07, 6.45) is 1.60. The van der Waals surface area contributed by atoms with Gasteiger partial charge < -0.3 is 4.74 Å². The minimum absolute atomic E-state index is 0.0619. The second-order valence-electron chi connectivity index (χ2n) is 2.74. The van der Waals surface area contributed by atoms with Crippen molar-refractivity contribution >= 4 is 17.4 Å². The molecule has 0 aliphatic carbocycles. The largest absolute Gasteiger partial charge is 0.369 e. The van der Waals surface area contributed by atoms with Crippen LogP contribution in [0.15, 0.2) is 36.9 Å². The van der Waals surface area contributed by atoms with Crippen LogP contribution in [0, 0.1) is 0 Å². The number of rotatable bonds is 5. The van der Waals surface area contributed by atoms with Crippen molar-refractivity contribution in [2.24, 2.45) is 0 Å². The lowest BCUT2D eigenvalue weighted by Crippen LogP contribution is -2.08. The van der Waals surface area contributed by atoms with Crippen LogP contribution in [0.2, 0.25) is 5.02 Å². The van der Waals surface area contributed by atoms with Crippen molar-refractivity contribution in [1.82, 2.24) is 0 Å². The van der Waals surface area contributed by atoms with Crippen LogP contribution < -0.4 is 0 Å². The molecule has 1 rings (SSSR count). The van der Waals surface area contributed by atoms with Crippen LogP contribution in [0.4, 0.5) is 0 Å². The Morgan fingerprint density at radius 2 is 2.36 bits per heavy atom. The van der Waals surface area contributed by atoms with E-state index in [-0.39, 0.29) is 12.4 Å². The average Bonchev–Trinajstić information content (AvgIpc) is 2.18. The zero-order chi connectivity index (χ0) is 10.4. The van der Waals surface area contributed by atoms with Crippen molar-refractivity contribution in [2.45, 2.75) is 0 Å². The van der Waals surface area contributed by atoms with Crippen LogP contribution in [-0.4, -0.2) is 19.0 Å². The van der Waals surface area contributed by atoms with Crippen molar-refractivity contribution in [2.75, 3.05) is 13.2 Å².